The number of phenolic OH excluding ortho intramolecular Hbond substituents is 1. The van der Waals surface area contributed by atoms with Crippen LogP contribution in [-0.4, -0.2) is 16.5 Å². The summed E-state index contributed by atoms with van der Waals surface area (Å²) in [5.74, 6) is 1.40. The highest BCUT2D eigenvalue weighted by atomic mass is 16.5. The molecule has 0 unspecified atom stereocenters. The van der Waals surface area contributed by atoms with E-state index in [4.69, 9.17) is 4.52 Å². The topological polar surface area (TPSA) is 58.6 Å². The van der Waals surface area contributed by atoms with Crippen LogP contribution in [-0.2, 0) is 0 Å². The number of aromatic nitrogens is 1. The Kier molecular flexibility index (Phi) is 2.49. The van der Waals surface area contributed by atoms with Gasteiger partial charge in [-0.3, -0.25) is 0 Å². The van der Waals surface area contributed by atoms with Gasteiger partial charge in [0.05, 0.1) is 0 Å². The number of aryl methyl sites for hydroxylation is 1. The lowest BCUT2D eigenvalue weighted by molar-refractivity contribution is 0.399. The van der Waals surface area contributed by atoms with Gasteiger partial charge >= 0.3 is 0 Å². The molecule has 76 valence electrons. The Balaban J connectivity index is 2.22. The van der Waals surface area contributed by atoms with E-state index in [1.165, 1.54) is 0 Å². The third-order valence-corrected chi connectivity index (χ3v) is 1.89. The second kappa shape index (κ2) is 3.96. The second-order valence-electron chi connectivity index (χ2n) is 3.11. The summed E-state index contributed by atoms with van der Waals surface area (Å²) < 4.78 is 4.86. The molecule has 0 aliphatic rings. The first-order valence-corrected chi connectivity index (χ1v) is 4.51. The Hall–Kier alpha value is -2.10. The number of phenols is 1. The zero-order valence-electron chi connectivity index (χ0n) is 8.21. The maximum absolute atomic E-state index is 9.46. The van der Waals surface area contributed by atoms with Crippen molar-refractivity contribution in [1.29, 1.82) is 0 Å². The number of nitrogens with zero attached hydrogens (tertiary/aromatic N) is 2. The van der Waals surface area contributed by atoms with Crippen LogP contribution in [0.15, 0.2) is 39.8 Å². The minimum Gasteiger partial charge on any atom is -0.507 e. The highest BCUT2D eigenvalue weighted by Crippen LogP contribution is 2.15. The van der Waals surface area contributed by atoms with Gasteiger partial charge in [-0.05, 0) is 19.1 Å². The second-order valence-corrected chi connectivity index (χ2v) is 3.11. The molecule has 2 rings (SSSR count). The summed E-state index contributed by atoms with van der Waals surface area (Å²) >= 11 is 0. The molecule has 1 aromatic heterocycles. The summed E-state index contributed by atoms with van der Waals surface area (Å²) in [6.07, 6.45) is 1.55. The van der Waals surface area contributed by atoms with Crippen LogP contribution >= 0.6 is 0 Å². The number of aliphatic imine (C=N–C) groups is 1. The predicted octanol–water partition coefficient (Wildman–Crippen LogP) is 2.44. The Morgan fingerprint density at radius 3 is 2.87 bits per heavy atom. The van der Waals surface area contributed by atoms with Crippen molar-refractivity contribution in [3.8, 4) is 5.75 Å². The van der Waals surface area contributed by atoms with Crippen molar-refractivity contribution >= 4 is 12.0 Å². The van der Waals surface area contributed by atoms with E-state index in [0.717, 1.165) is 0 Å². The summed E-state index contributed by atoms with van der Waals surface area (Å²) in [6.45, 7) is 1.80. The van der Waals surface area contributed by atoms with Crippen LogP contribution in [0.1, 0.15) is 11.3 Å². The maximum atomic E-state index is 9.46. The SMILES string of the molecule is Cc1cc(N=Cc2ccccc2O)no1. The van der Waals surface area contributed by atoms with E-state index in [1.54, 1.807) is 37.4 Å². The fourth-order valence-electron chi connectivity index (χ4n) is 1.15. The maximum Gasteiger partial charge on any atom is 0.195 e. The molecule has 2 aromatic rings. The molecule has 4 heteroatoms. The average Bonchev–Trinajstić information content (AvgIpc) is 2.63. The highest BCUT2D eigenvalue weighted by molar-refractivity contribution is 5.84. The van der Waals surface area contributed by atoms with Gasteiger partial charge in [-0.25, -0.2) is 4.99 Å². The lowest BCUT2D eigenvalue weighted by Gasteiger charge is -1.94. The van der Waals surface area contributed by atoms with Crippen LogP contribution in [0.25, 0.3) is 0 Å². The lowest BCUT2D eigenvalue weighted by Crippen LogP contribution is -1.80. The molecular formula is C11H10N2O2. The van der Waals surface area contributed by atoms with E-state index < -0.39 is 0 Å². The standard InChI is InChI=1S/C11H10N2O2/c1-8-6-11(13-15-8)12-7-9-4-2-3-5-10(9)14/h2-7,14H,1H3. The fraction of sp³-hybridized carbons (Fsp3) is 0.0909. The molecule has 0 amide bonds. The number of para-hydroxylation sites is 1. The fourth-order valence-corrected chi connectivity index (χ4v) is 1.15. The molecule has 0 aliphatic carbocycles. The van der Waals surface area contributed by atoms with Gasteiger partial charge in [0.25, 0.3) is 0 Å². The number of aromatic hydroxyl groups is 1. The van der Waals surface area contributed by atoms with E-state index in [1.807, 2.05) is 6.07 Å². The van der Waals surface area contributed by atoms with Crippen LogP contribution in [0.3, 0.4) is 0 Å². The van der Waals surface area contributed by atoms with Gasteiger partial charge in [-0.1, -0.05) is 17.3 Å². The summed E-state index contributed by atoms with van der Waals surface area (Å²) in [4.78, 5) is 4.07. The zero-order valence-corrected chi connectivity index (χ0v) is 8.21. The van der Waals surface area contributed by atoms with Gasteiger partial charge in [-0.2, -0.15) is 0 Å². The normalized spacial score (nSPS) is 11.0. The van der Waals surface area contributed by atoms with Crippen LogP contribution in [0.4, 0.5) is 5.82 Å². The summed E-state index contributed by atoms with van der Waals surface area (Å²) in [6, 6.07) is 8.68. The predicted molar refractivity (Wildman–Crippen MR) is 56.6 cm³/mol. The van der Waals surface area contributed by atoms with Crippen LogP contribution < -0.4 is 0 Å². The average molecular weight is 202 g/mol. The van der Waals surface area contributed by atoms with E-state index in [2.05, 4.69) is 10.1 Å². The zero-order chi connectivity index (χ0) is 10.7. The molecule has 0 aliphatic heterocycles. The van der Waals surface area contributed by atoms with Crippen LogP contribution in [0.2, 0.25) is 0 Å². The van der Waals surface area contributed by atoms with Crippen molar-refractivity contribution in [2.75, 3.05) is 0 Å². The highest BCUT2D eigenvalue weighted by Gasteiger charge is 1.98. The third kappa shape index (κ3) is 2.22. The summed E-state index contributed by atoms with van der Waals surface area (Å²) in [5.41, 5.74) is 0.651. The van der Waals surface area contributed by atoms with E-state index in [9.17, 15) is 5.11 Å². The Bertz CT molecular complexity index is 489. The number of hydrogen-bond donors (Lipinski definition) is 1. The molecule has 0 saturated carbocycles. The first-order valence-electron chi connectivity index (χ1n) is 4.51. The molecule has 1 N–H and O–H groups in total. The van der Waals surface area contributed by atoms with Gasteiger partial charge in [0, 0.05) is 17.8 Å². The van der Waals surface area contributed by atoms with Crippen molar-refractivity contribution in [3.05, 3.63) is 41.7 Å². The number of hydrogen-bond acceptors (Lipinski definition) is 4. The molecule has 0 fully saturated rings. The lowest BCUT2D eigenvalue weighted by atomic mass is 10.2. The van der Waals surface area contributed by atoms with Crippen molar-refractivity contribution in [2.45, 2.75) is 6.92 Å². The van der Waals surface area contributed by atoms with Gasteiger partial charge < -0.3 is 9.63 Å². The van der Waals surface area contributed by atoms with Gasteiger partial charge in [0.15, 0.2) is 5.82 Å². The first-order chi connectivity index (χ1) is 7.25. The number of benzene rings is 1. The molecule has 4 nitrogen and oxygen atoms in total. The monoisotopic (exact) mass is 202 g/mol. The van der Waals surface area contributed by atoms with Gasteiger partial charge in [-0.15, -0.1) is 0 Å². The quantitative estimate of drug-likeness (QED) is 0.761. The van der Waals surface area contributed by atoms with E-state index >= 15 is 0 Å². The molecular weight excluding hydrogens is 192 g/mol. The molecule has 0 radical (unpaired) electrons. The van der Waals surface area contributed by atoms with Crippen molar-refractivity contribution < 1.29 is 9.63 Å². The van der Waals surface area contributed by atoms with Crippen LogP contribution in [0.5, 0.6) is 5.75 Å². The van der Waals surface area contributed by atoms with Crippen molar-refractivity contribution in [3.63, 3.8) is 0 Å². The summed E-state index contributed by atoms with van der Waals surface area (Å²) in [5, 5.41) is 13.2. The molecule has 0 saturated heterocycles. The van der Waals surface area contributed by atoms with E-state index in [0.29, 0.717) is 17.1 Å². The van der Waals surface area contributed by atoms with Gasteiger partial charge in [0.1, 0.15) is 11.5 Å². The largest absolute Gasteiger partial charge is 0.507 e. The third-order valence-electron chi connectivity index (χ3n) is 1.89. The number of rotatable bonds is 2. The van der Waals surface area contributed by atoms with Crippen molar-refractivity contribution in [2.24, 2.45) is 4.99 Å². The molecule has 0 bridgehead atoms. The van der Waals surface area contributed by atoms with Gasteiger partial charge in [0.2, 0.25) is 0 Å². The minimum atomic E-state index is 0.196. The molecule has 1 aromatic carbocycles. The smallest absolute Gasteiger partial charge is 0.195 e. The Morgan fingerprint density at radius 2 is 2.20 bits per heavy atom. The first kappa shape index (κ1) is 9.45. The van der Waals surface area contributed by atoms with Crippen LogP contribution in [0, 0.1) is 6.92 Å². The Labute approximate surface area is 86.9 Å². The van der Waals surface area contributed by atoms with Crippen molar-refractivity contribution in [1.82, 2.24) is 5.16 Å². The van der Waals surface area contributed by atoms with E-state index in [-0.39, 0.29) is 5.75 Å². The molecule has 1 heterocycles. The Morgan fingerprint density at radius 1 is 1.40 bits per heavy atom. The summed E-state index contributed by atoms with van der Waals surface area (Å²) in [7, 11) is 0. The molecule has 0 atom stereocenters. The molecule has 15 heavy (non-hydrogen) atoms. The minimum absolute atomic E-state index is 0.196. The molecule has 0 spiro atoms.